The van der Waals surface area contributed by atoms with E-state index in [0.29, 0.717) is 18.7 Å². The third-order valence-corrected chi connectivity index (χ3v) is 4.16. The Morgan fingerprint density at radius 2 is 1.79 bits per heavy atom. The van der Waals surface area contributed by atoms with Crippen molar-refractivity contribution in [2.45, 2.75) is 19.2 Å². The van der Waals surface area contributed by atoms with Gasteiger partial charge in [-0.3, -0.25) is 4.79 Å². The number of carbonyl (C=O) groups excluding carboxylic acids is 1. The van der Waals surface area contributed by atoms with Crippen molar-refractivity contribution in [2.75, 3.05) is 0 Å². The van der Waals surface area contributed by atoms with Crippen molar-refractivity contribution in [2.24, 2.45) is 0 Å². The average Bonchev–Trinajstić information content (AvgIpc) is 3.17. The maximum absolute atomic E-state index is 11.2. The zero-order valence-corrected chi connectivity index (χ0v) is 12.9. The van der Waals surface area contributed by atoms with Gasteiger partial charge < -0.3 is 9.67 Å². The van der Waals surface area contributed by atoms with E-state index in [4.69, 9.17) is 0 Å². The van der Waals surface area contributed by atoms with E-state index < -0.39 is 6.10 Å². The Hall–Kier alpha value is -2.99. The second kappa shape index (κ2) is 5.90. The molecular formula is C18H16N4O2. The minimum Gasteiger partial charge on any atom is -0.389 e. The Kier molecular flexibility index (Phi) is 3.59. The van der Waals surface area contributed by atoms with Gasteiger partial charge in [-0.05, 0) is 18.2 Å². The Bertz CT molecular complexity index is 1020. The number of rotatable bonds is 5. The Balaban J connectivity index is 1.60. The van der Waals surface area contributed by atoms with Crippen LogP contribution in [0.3, 0.4) is 0 Å². The minimum absolute atomic E-state index is 0.337. The van der Waals surface area contributed by atoms with Gasteiger partial charge in [0.15, 0.2) is 6.29 Å². The van der Waals surface area contributed by atoms with Gasteiger partial charge in [0.05, 0.1) is 24.7 Å². The smallest absolute Gasteiger partial charge is 0.152 e. The van der Waals surface area contributed by atoms with Gasteiger partial charge in [0.1, 0.15) is 5.52 Å². The van der Waals surface area contributed by atoms with Gasteiger partial charge in [-0.1, -0.05) is 35.5 Å². The second-order valence-electron chi connectivity index (χ2n) is 5.79. The van der Waals surface area contributed by atoms with E-state index >= 15 is 0 Å². The van der Waals surface area contributed by atoms with Crippen molar-refractivity contribution in [3.8, 4) is 0 Å². The zero-order valence-electron chi connectivity index (χ0n) is 12.9. The first-order valence-corrected chi connectivity index (χ1v) is 7.75. The van der Waals surface area contributed by atoms with E-state index in [1.54, 1.807) is 10.9 Å². The molecule has 1 atom stereocenters. The number of benzene rings is 2. The number of aromatic nitrogens is 4. The number of hydrogen-bond donors (Lipinski definition) is 1. The average molecular weight is 320 g/mol. The van der Waals surface area contributed by atoms with E-state index in [9.17, 15) is 9.90 Å². The highest BCUT2D eigenvalue weighted by atomic mass is 16.3. The Labute approximate surface area is 137 Å². The normalized spacial score (nSPS) is 12.7. The SMILES string of the molecule is O=Cc1cn(C[C@H](O)Cn2nnc3ccccc32)c2ccccc12. The predicted molar refractivity (Wildman–Crippen MR) is 90.9 cm³/mol. The third-order valence-electron chi connectivity index (χ3n) is 4.16. The molecule has 120 valence electrons. The van der Waals surface area contributed by atoms with Gasteiger partial charge in [-0.2, -0.15) is 0 Å². The van der Waals surface area contributed by atoms with Crippen molar-refractivity contribution in [3.63, 3.8) is 0 Å². The van der Waals surface area contributed by atoms with Crippen LogP contribution in [-0.2, 0) is 13.1 Å². The lowest BCUT2D eigenvalue weighted by atomic mass is 10.2. The van der Waals surface area contributed by atoms with Crippen LogP contribution < -0.4 is 0 Å². The number of aldehydes is 1. The molecule has 2 aromatic heterocycles. The van der Waals surface area contributed by atoms with Crippen LogP contribution in [0.5, 0.6) is 0 Å². The molecule has 0 aliphatic heterocycles. The lowest BCUT2D eigenvalue weighted by molar-refractivity contribution is 0.112. The quantitative estimate of drug-likeness (QED) is 0.573. The van der Waals surface area contributed by atoms with Gasteiger partial charge >= 0.3 is 0 Å². The molecule has 24 heavy (non-hydrogen) atoms. The summed E-state index contributed by atoms with van der Waals surface area (Å²) in [5.74, 6) is 0. The zero-order chi connectivity index (χ0) is 16.5. The largest absolute Gasteiger partial charge is 0.389 e. The van der Waals surface area contributed by atoms with Gasteiger partial charge in [0, 0.05) is 22.7 Å². The Morgan fingerprint density at radius 3 is 2.62 bits per heavy atom. The summed E-state index contributed by atoms with van der Waals surface area (Å²) in [6, 6.07) is 15.3. The van der Waals surface area contributed by atoms with Crippen molar-refractivity contribution >= 4 is 28.2 Å². The first-order valence-electron chi connectivity index (χ1n) is 7.75. The van der Waals surface area contributed by atoms with Crippen molar-refractivity contribution in [3.05, 3.63) is 60.3 Å². The third kappa shape index (κ3) is 2.47. The maximum atomic E-state index is 11.2. The van der Waals surface area contributed by atoms with Gasteiger partial charge in [0.25, 0.3) is 0 Å². The summed E-state index contributed by atoms with van der Waals surface area (Å²) < 4.78 is 3.61. The summed E-state index contributed by atoms with van der Waals surface area (Å²) in [6.45, 7) is 0.714. The fourth-order valence-corrected chi connectivity index (χ4v) is 3.06. The monoisotopic (exact) mass is 320 g/mol. The molecule has 6 heteroatoms. The first-order chi connectivity index (χ1) is 11.8. The molecule has 0 radical (unpaired) electrons. The number of hydrogen-bond acceptors (Lipinski definition) is 4. The maximum Gasteiger partial charge on any atom is 0.152 e. The first kappa shape index (κ1) is 14.6. The molecule has 0 unspecified atom stereocenters. The lowest BCUT2D eigenvalue weighted by Gasteiger charge is -2.13. The van der Waals surface area contributed by atoms with Gasteiger partial charge in [-0.15, -0.1) is 5.10 Å². The highest BCUT2D eigenvalue weighted by Gasteiger charge is 2.13. The van der Waals surface area contributed by atoms with Crippen LogP contribution in [0.15, 0.2) is 54.7 Å². The van der Waals surface area contributed by atoms with Gasteiger partial charge in [-0.25, -0.2) is 4.68 Å². The van der Waals surface area contributed by atoms with E-state index in [1.165, 1.54) is 0 Å². The molecule has 0 saturated carbocycles. The molecule has 0 fully saturated rings. The topological polar surface area (TPSA) is 72.9 Å². The van der Waals surface area contributed by atoms with E-state index in [0.717, 1.165) is 28.2 Å². The van der Waals surface area contributed by atoms with E-state index in [1.807, 2.05) is 53.1 Å². The second-order valence-corrected chi connectivity index (χ2v) is 5.79. The lowest BCUT2D eigenvalue weighted by Crippen LogP contribution is -2.22. The predicted octanol–water partition coefficient (Wildman–Crippen LogP) is 2.26. The molecule has 0 saturated heterocycles. The van der Waals surface area contributed by atoms with Crippen LogP contribution in [-0.4, -0.2) is 37.1 Å². The number of nitrogens with zero attached hydrogens (tertiary/aromatic N) is 4. The summed E-state index contributed by atoms with van der Waals surface area (Å²) in [6.07, 6.45) is 1.97. The molecular weight excluding hydrogens is 304 g/mol. The number of para-hydroxylation sites is 2. The minimum atomic E-state index is -0.648. The van der Waals surface area contributed by atoms with Crippen LogP contribution in [0.1, 0.15) is 10.4 Å². The summed E-state index contributed by atoms with van der Waals surface area (Å²) >= 11 is 0. The summed E-state index contributed by atoms with van der Waals surface area (Å²) in [7, 11) is 0. The fourth-order valence-electron chi connectivity index (χ4n) is 3.06. The molecule has 0 spiro atoms. The molecule has 4 aromatic rings. The molecule has 2 aromatic carbocycles. The van der Waals surface area contributed by atoms with E-state index in [-0.39, 0.29) is 0 Å². The highest BCUT2D eigenvalue weighted by Crippen LogP contribution is 2.20. The highest BCUT2D eigenvalue weighted by molar-refractivity contribution is 5.97. The number of carbonyl (C=O) groups is 1. The molecule has 0 amide bonds. The summed E-state index contributed by atoms with van der Waals surface area (Å²) in [5.41, 5.74) is 3.26. The van der Waals surface area contributed by atoms with Crippen molar-refractivity contribution in [1.82, 2.24) is 19.6 Å². The number of aliphatic hydroxyl groups is 1. The molecule has 2 heterocycles. The summed E-state index contributed by atoms with van der Waals surface area (Å²) in [4.78, 5) is 11.2. The van der Waals surface area contributed by atoms with Crippen LogP contribution in [0.4, 0.5) is 0 Å². The Morgan fingerprint density at radius 1 is 1.04 bits per heavy atom. The molecule has 0 aliphatic rings. The van der Waals surface area contributed by atoms with Crippen LogP contribution >= 0.6 is 0 Å². The standard InChI is InChI=1S/C18H16N4O2/c23-12-13-9-21(17-7-3-1-5-15(13)17)10-14(24)11-22-18-8-4-2-6-16(18)19-20-22/h1-9,12,14,24H,10-11H2/t14-/m0/s1. The molecule has 4 rings (SSSR count). The fraction of sp³-hybridized carbons (Fsp3) is 0.167. The van der Waals surface area contributed by atoms with E-state index in [2.05, 4.69) is 10.3 Å². The summed E-state index contributed by atoms with van der Waals surface area (Å²) in [5, 5.41) is 19.6. The molecule has 1 N–H and O–H groups in total. The van der Waals surface area contributed by atoms with Crippen molar-refractivity contribution < 1.29 is 9.90 Å². The number of fused-ring (bicyclic) bond motifs is 2. The molecule has 6 nitrogen and oxygen atoms in total. The van der Waals surface area contributed by atoms with Gasteiger partial charge in [0.2, 0.25) is 0 Å². The van der Waals surface area contributed by atoms with Crippen LogP contribution in [0.2, 0.25) is 0 Å². The number of aliphatic hydroxyl groups excluding tert-OH is 1. The molecule has 0 aliphatic carbocycles. The molecule has 0 bridgehead atoms. The van der Waals surface area contributed by atoms with Crippen LogP contribution in [0, 0.1) is 0 Å². The van der Waals surface area contributed by atoms with Crippen LogP contribution in [0.25, 0.3) is 21.9 Å². The van der Waals surface area contributed by atoms with Crippen molar-refractivity contribution in [1.29, 1.82) is 0 Å².